The van der Waals surface area contributed by atoms with E-state index in [9.17, 15) is 4.79 Å². The predicted molar refractivity (Wildman–Crippen MR) is 89.7 cm³/mol. The zero-order chi connectivity index (χ0) is 16.2. The molecule has 3 rings (SSSR count). The second-order valence-corrected chi connectivity index (χ2v) is 5.98. The Morgan fingerprint density at radius 1 is 1.17 bits per heavy atom. The Balaban J connectivity index is 1.54. The Kier molecular flexibility index (Phi) is 4.67. The number of hydrogen-bond donors (Lipinski definition) is 1. The van der Waals surface area contributed by atoms with E-state index < -0.39 is 0 Å². The lowest BCUT2D eigenvalue weighted by Gasteiger charge is -2.32. The van der Waals surface area contributed by atoms with Gasteiger partial charge in [-0.05, 0) is 36.4 Å². The van der Waals surface area contributed by atoms with Crippen LogP contribution >= 0.6 is 11.6 Å². The minimum absolute atomic E-state index is 0.0602. The summed E-state index contributed by atoms with van der Waals surface area (Å²) in [6, 6.07) is 10.7. The van der Waals surface area contributed by atoms with Crippen LogP contribution in [0.2, 0.25) is 5.02 Å². The number of piperidine rings is 1. The summed E-state index contributed by atoms with van der Waals surface area (Å²) in [4.78, 5) is 18.3. The minimum atomic E-state index is -0.0602. The molecular formula is C17H18ClN3O2. The Hall–Kier alpha value is -2.27. The topological polar surface area (TPSA) is 68.5 Å². The fourth-order valence-corrected chi connectivity index (χ4v) is 2.70. The van der Waals surface area contributed by atoms with Gasteiger partial charge in [0.25, 0.3) is 5.91 Å². The quantitative estimate of drug-likeness (QED) is 0.938. The monoisotopic (exact) mass is 331 g/mol. The summed E-state index contributed by atoms with van der Waals surface area (Å²) in [6.07, 6.45) is 3.20. The highest BCUT2D eigenvalue weighted by Crippen LogP contribution is 2.21. The number of ether oxygens (including phenoxy) is 1. The van der Waals surface area contributed by atoms with Crippen LogP contribution in [0, 0.1) is 0 Å². The lowest BCUT2D eigenvalue weighted by atomic mass is 10.1. The van der Waals surface area contributed by atoms with Gasteiger partial charge in [0, 0.05) is 31.0 Å². The maximum atomic E-state index is 12.4. The van der Waals surface area contributed by atoms with Gasteiger partial charge in [-0.15, -0.1) is 0 Å². The number of anilines is 1. The molecule has 2 heterocycles. The van der Waals surface area contributed by atoms with Crippen molar-refractivity contribution in [3.8, 4) is 5.75 Å². The lowest BCUT2D eigenvalue weighted by molar-refractivity contribution is 0.0590. The number of nitrogens with zero attached hydrogens (tertiary/aromatic N) is 2. The molecule has 1 aliphatic rings. The van der Waals surface area contributed by atoms with E-state index in [0.29, 0.717) is 29.5 Å². The van der Waals surface area contributed by atoms with E-state index in [1.807, 2.05) is 24.3 Å². The van der Waals surface area contributed by atoms with Gasteiger partial charge < -0.3 is 15.4 Å². The highest BCUT2D eigenvalue weighted by Gasteiger charge is 2.25. The highest BCUT2D eigenvalue weighted by atomic mass is 35.5. The van der Waals surface area contributed by atoms with Crippen molar-refractivity contribution in [2.45, 2.75) is 18.9 Å². The Morgan fingerprint density at radius 3 is 2.48 bits per heavy atom. The molecule has 0 spiro atoms. The molecule has 0 saturated carbocycles. The van der Waals surface area contributed by atoms with Crippen molar-refractivity contribution in [2.75, 3.05) is 18.8 Å². The maximum Gasteiger partial charge on any atom is 0.272 e. The largest absolute Gasteiger partial charge is 0.490 e. The van der Waals surface area contributed by atoms with Gasteiger partial charge in [0.05, 0.1) is 11.9 Å². The number of halogens is 1. The van der Waals surface area contributed by atoms with Crippen LogP contribution in [0.15, 0.2) is 42.6 Å². The van der Waals surface area contributed by atoms with Crippen molar-refractivity contribution in [3.05, 3.63) is 53.3 Å². The molecule has 0 radical (unpaired) electrons. The smallest absolute Gasteiger partial charge is 0.272 e. The standard InChI is InChI=1S/C17H18ClN3O2/c18-12-1-4-14(5-2-12)23-15-7-9-21(10-8-15)17(22)16-6-3-13(19)11-20-16/h1-6,11,15H,7-10,19H2. The first-order valence-corrected chi connectivity index (χ1v) is 7.92. The van der Waals surface area contributed by atoms with Gasteiger partial charge >= 0.3 is 0 Å². The minimum Gasteiger partial charge on any atom is -0.490 e. The van der Waals surface area contributed by atoms with E-state index in [0.717, 1.165) is 18.6 Å². The fraction of sp³-hybridized carbons (Fsp3) is 0.294. The maximum absolute atomic E-state index is 12.4. The number of hydrogen-bond acceptors (Lipinski definition) is 4. The van der Waals surface area contributed by atoms with E-state index >= 15 is 0 Å². The van der Waals surface area contributed by atoms with Crippen molar-refractivity contribution in [1.82, 2.24) is 9.88 Å². The summed E-state index contributed by atoms with van der Waals surface area (Å²) in [6.45, 7) is 1.31. The number of pyridine rings is 1. The number of rotatable bonds is 3. The summed E-state index contributed by atoms with van der Waals surface area (Å²) < 4.78 is 5.93. The molecule has 5 nitrogen and oxygen atoms in total. The number of amides is 1. The molecule has 0 unspecified atom stereocenters. The second kappa shape index (κ2) is 6.87. The lowest BCUT2D eigenvalue weighted by Crippen LogP contribution is -2.42. The fourth-order valence-electron chi connectivity index (χ4n) is 2.58. The molecule has 23 heavy (non-hydrogen) atoms. The normalized spacial score (nSPS) is 15.4. The Labute approximate surface area is 140 Å². The van der Waals surface area contributed by atoms with E-state index in [-0.39, 0.29) is 12.0 Å². The Bertz CT molecular complexity index is 665. The van der Waals surface area contributed by atoms with E-state index in [1.165, 1.54) is 6.20 Å². The first-order valence-electron chi connectivity index (χ1n) is 7.55. The zero-order valence-electron chi connectivity index (χ0n) is 12.6. The molecule has 2 aromatic rings. The number of carbonyl (C=O) groups is 1. The highest BCUT2D eigenvalue weighted by molar-refractivity contribution is 6.30. The summed E-state index contributed by atoms with van der Waals surface area (Å²) in [5, 5.41) is 0.689. The molecular weight excluding hydrogens is 314 g/mol. The van der Waals surface area contributed by atoms with Crippen molar-refractivity contribution >= 4 is 23.2 Å². The van der Waals surface area contributed by atoms with Gasteiger partial charge in [0.1, 0.15) is 17.5 Å². The average Bonchev–Trinajstić information content (AvgIpc) is 2.58. The van der Waals surface area contributed by atoms with Crippen LogP contribution in [0.5, 0.6) is 5.75 Å². The first-order chi connectivity index (χ1) is 11.1. The first kappa shape index (κ1) is 15.6. The Morgan fingerprint density at radius 2 is 1.87 bits per heavy atom. The van der Waals surface area contributed by atoms with Crippen molar-refractivity contribution in [1.29, 1.82) is 0 Å². The summed E-state index contributed by atoms with van der Waals surface area (Å²) in [5.41, 5.74) is 6.57. The second-order valence-electron chi connectivity index (χ2n) is 5.54. The number of carbonyl (C=O) groups excluding carboxylic acids is 1. The molecule has 1 aliphatic heterocycles. The van der Waals surface area contributed by atoms with E-state index in [2.05, 4.69) is 4.98 Å². The summed E-state index contributed by atoms with van der Waals surface area (Å²) in [7, 11) is 0. The van der Waals surface area contributed by atoms with Gasteiger partial charge in [0.15, 0.2) is 0 Å². The molecule has 1 fully saturated rings. The molecule has 1 saturated heterocycles. The molecule has 1 aromatic heterocycles. The van der Waals surface area contributed by atoms with Crippen LogP contribution in [0.1, 0.15) is 23.3 Å². The number of likely N-dealkylation sites (tertiary alicyclic amines) is 1. The molecule has 2 N–H and O–H groups in total. The van der Waals surface area contributed by atoms with Crippen molar-refractivity contribution < 1.29 is 9.53 Å². The predicted octanol–water partition coefficient (Wildman–Crippen LogP) is 3.00. The number of benzene rings is 1. The van der Waals surface area contributed by atoms with Crippen molar-refractivity contribution in [2.24, 2.45) is 0 Å². The van der Waals surface area contributed by atoms with Gasteiger partial charge in [-0.1, -0.05) is 11.6 Å². The molecule has 120 valence electrons. The molecule has 0 bridgehead atoms. The third-order valence-corrected chi connectivity index (χ3v) is 4.10. The average molecular weight is 332 g/mol. The molecule has 0 aliphatic carbocycles. The van der Waals surface area contributed by atoms with Crippen molar-refractivity contribution in [3.63, 3.8) is 0 Å². The van der Waals surface area contributed by atoms with Crippen LogP contribution in [0.3, 0.4) is 0 Å². The third-order valence-electron chi connectivity index (χ3n) is 3.85. The SMILES string of the molecule is Nc1ccc(C(=O)N2CCC(Oc3ccc(Cl)cc3)CC2)nc1. The van der Waals surface area contributed by atoms with Gasteiger partial charge in [-0.2, -0.15) is 0 Å². The van der Waals surface area contributed by atoms with E-state index in [4.69, 9.17) is 22.1 Å². The number of nitrogens with two attached hydrogens (primary N) is 1. The van der Waals surface area contributed by atoms with Gasteiger partial charge in [-0.25, -0.2) is 4.98 Å². The molecule has 1 amide bonds. The van der Waals surface area contributed by atoms with Crippen LogP contribution in [0.4, 0.5) is 5.69 Å². The molecule has 6 heteroatoms. The number of nitrogen functional groups attached to an aromatic ring is 1. The van der Waals surface area contributed by atoms with Crippen LogP contribution in [-0.4, -0.2) is 35.0 Å². The van der Waals surface area contributed by atoms with Gasteiger partial charge in [0.2, 0.25) is 0 Å². The third kappa shape index (κ3) is 3.93. The number of aromatic nitrogens is 1. The summed E-state index contributed by atoms with van der Waals surface area (Å²) >= 11 is 5.86. The van der Waals surface area contributed by atoms with Crippen LogP contribution in [-0.2, 0) is 0 Å². The van der Waals surface area contributed by atoms with Crippen LogP contribution < -0.4 is 10.5 Å². The van der Waals surface area contributed by atoms with Gasteiger partial charge in [-0.3, -0.25) is 4.79 Å². The van der Waals surface area contributed by atoms with Crippen LogP contribution in [0.25, 0.3) is 0 Å². The summed E-state index contributed by atoms with van der Waals surface area (Å²) in [5.74, 6) is 0.745. The molecule has 1 aromatic carbocycles. The van der Waals surface area contributed by atoms with E-state index in [1.54, 1.807) is 17.0 Å². The molecule has 0 atom stereocenters. The zero-order valence-corrected chi connectivity index (χ0v) is 13.4.